The van der Waals surface area contributed by atoms with Crippen molar-refractivity contribution in [3.05, 3.63) is 29.8 Å². The molecule has 0 N–H and O–H groups in total. The summed E-state index contributed by atoms with van der Waals surface area (Å²) in [7, 11) is 1.22. The van der Waals surface area contributed by atoms with E-state index in [1.165, 1.54) is 31.4 Å². The summed E-state index contributed by atoms with van der Waals surface area (Å²) < 4.78 is 19.8. The Labute approximate surface area is 123 Å². The van der Waals surface area contributed by atoms with E-state index in [-0.39, 0.29) is 12.7 Å². The average Bonchev–Trinajstić information content (AvgIpc) is 2.51. The molecule has 0 saturated carbocycles. The maximum atomic E-state index is 11.8. The van der Waals surface area contributed by atoms with E-state index >= 15 is 0 Å². The van der Waals surface area contributed by atoms with Crippen molar-refractivity contribution in [1.29, 1.82) is 0 Å². The number of carbonyl (C=O) groups excluding carboxylic acids is 2. The Kier molecular flexibility index (Phi) is 7.25. The van der Waals surface area contributed by atoms with Crippen molar-refractivity contribution in [1.82, 2.24) is 0 Å². The summed E-state index contributed by atoms with van der Waals surface area (Å²) in [5, 5.41) is 0. The Morgan fingerprint density at radius 2 is 1.81 bits per heavy atom. The Hall–Kier alpha value is -2.08. The van der Waals surface area contributed by atoms with Crippen LogP contribution in [0.15, 0.2) is 24.3 Å². The van der Waals surface area contributed by atoms with E-state index in [2.05, 4.69) is 4.74 Å². The number of methoxy groups -OCH3 is 1. The highest BCUT2D eigenvalue weighted by molar-refractivity contribution is 5.89. The van der Waals surface area contributed by atoms with Crippen molar-refractivity contribution in [2.75, 3.05) is 20.3 Å². The van der Waals surface area contributed by atoms with Crippen molar-refractivity contribution in [3.8, 4) is 5.75 Å². The summed E-state index contributed by atoms with van der Waals surface area (Å²) in [5.74, 6) is -0.156. The van der Waals surface area contributed by atoms with Gasteiger partial charge in [0.1, 0.15) is 12.4 Å². The van der Waals surface area contributed by atoms with Crippen LogP contribution in [0.2, 0.25) is 0 Å². The summed E-state index contributed by atoms with van der Waals surface area (Å²) in [4.78, 5) is 22.8. The van der Waals surface area contributed by atoms with E-state index in [1.807, 2.05) is 13.8 Å². The van der Waals surface area contributed by atoms with Gasteiger partial charge in [-0.3, -0.25) is 0 Å². The zero-order valence-electron chi connectivity index (χ0n) is 12.5. The Morgan fingerprint density at radius 1 is 1.14 bits per heavy atom. The first-order valence-corrected chi connectivity index (χ1v) is 6.75. The first-order valence-electron chi connectivity index (χ1n) is 6.75. The molecular weight excluding hydrogens is 276 g/mol. The van der Waals surface area contributed by atoms with Gasteiger partial charge in [0.25, 0.3) is 0 Å². The van der Waals surface area contributed by atoms with Gasteiger partial charge in [0.2, 0.25) is 0 Å². The summed E-state index contributed by atoms with van der Waals surface area (Å²) in [5.41, 5.74) is 0.374. The minimum Gasteiger partial charge on any atom is -0.459 e. The van der Waals surface area contributed by atoms with Gasteiger partial charge in [-0.25, -0.2) is 9.59 Å². The molecule has 0 amide bonds. The van der Waals surface area contributed by atoms with Gasteiger partial charge in [0.05, 0.1) is 18.8 Å². The molecule has 116 valence electrons. The van der Waals surface area contributed by atoms with Gasteiger partial charge < -0.3 is 18.9 Å². The summed E-state index contributed by atoms with van der Waals surface area (Å²) in [6, 6.07) is 6.02. The van der Waals surface area contributed by atoms with E-state index in [1.54, 1.807) is 0 Å². The third kappa shape index (κ3) is 5.83. The number of hydrogen-bond acceptors (Lipinski definition) is 6. The molecule has 1 aromatic rings. The lowest BCUT2D eigenvalue weighted by molar-refractivity contribution is -0.00529. The van der Waals surface area contributed by atoms with Crippen LogP contribution in [-0.4, -0.2) is 38.6 Å². The van der Waals surface area contributed by atoms with Crippen molar-refractivity contribution < 1.29 is 28.5 Å². The predicted molar refractivity (Wildman–Crippen MR) is 75.5 cm³/mol. The van der Waals surface area contributed by atoms with Crippen LogP contribution < -0.4 is 4.74 Å². The van der Waals surface area contributed by atoms with Gasteiger partial charge in [0, 0.05) is 6.61 Å². The van der Waals surface area contributed by atoms with Crippen molar-refractivity contribution in [3.63, 3.8) is 0 Å². The molecule has 1 atom stereocenters. The molecule has 1 aromatic carbocycles. The van der Waals surface area contributed by atoms with Crippen LogP contribution >= 0.6 is 0 Å². The lowest BCUT2D eigenvalue weighted by Gasteiger charge is -2.15. The molecule has 0 spiro atoms. The molecular formula is C15H20O6. The average molecular weight is 296 g/mol. The van der Waals surface area contributed by atoms with Crippen molar-refractivity contribution >= 4 is 12.1 Å². The molecule has 0 aliphatic carbocycles. The van der Waals surface area contributed by atoms with Gasteiger partial charge in [0.15, 0.2) is 0 Å². The molecule has 0 aromatic heterocycles. The van der Waals surface area contributed by atoms with Crippen LogP contribution in [-0.2, 0) is 14.2 Å². The van der Waals surface area contributed by atoms with Gasteiger partial charge in [-0.05, 0) is 37.6 Å². The number of hydrogen-bond donors (Lipinski definition) is 0. The minimum absolute atomic E-state index is 0.0964. The number of rotatable bonds is 7. The molecule has 0 fully saturated rings. The third-order valence-electron chi connectivity index (χ3n) is 2.72. The summed E-state index contributed by atoms with van der Waals surface area (Å²) in [6.45, 7) is 4.65. The molecule has 6 nitrogen and oxygen atoms in total. The summed E-state index contributed by atoms with van der Waals surface area (Å²) >= 11 is 0. The monoisotopic (exact) mass is 296 g/mol. The fourth-order valence-corrected chi connectivity index (χ4v) is 1.57. The normalized spacial score (nSPS) is 11.6. The number of carbonyl (C=O) groups is 2. The second-order valence-electron chi connectivity index (χ2n) is 4.16. The first-order chi connectivity index (χ1) is 10.1. The van der Waals surface area contributed by atoms with E-state index in [9.17, 15) is 9.59 Å². The van der Waals surface area contributed by atoms with Crippen LogP contribution in [0, 0.1) is 0 Å². The van der Waals surface area contributed by atoms with Crippen LogP contribution in [0.5, 0.6) is 5.75 Å². The zero-order valence-corrected chi connectivity index (χ0v) is 12.5. The van der Waals surface area contributed by atoms with Crippen LogP contribution in [0.3, 0.4) is 0 Å². The Morgan fingerprint density at radius 3 is 2.33 bits per heavy atom. The maximum absolute atomic E-state index is 11.8. The lowest BCUT2D eigenvalue weighted by atomic mass is 10.2. The fraction of sp³-hybridized carbons (Fsp3) is 0.467. The molecule has 0 saturated heterocycles. The number of esters is 1. The SMILES string of the molecule is CCO[C@@H](CC)COC(=O)c1ccc(OC(=O)OC)cc1. The van der Waals surface area contributed by atoms with E-state index < -0.39 is 12.1 Å². The molecule has 0 unspecified atom stereocenters. The molecule has 1 rings (SSSR count). The Bertz CT molecular complexity index is 454. The van der Waals surface area contributed by atoms with E-state index in [4.69, 9.17) is 14.2 Å². The number of benzene rings is 1. The second kappa shape index (κ2) is 8.97. The fourth-order valence-electron chi connectivity index (χ4n) is 1.57. The van der Waals surface area contributed by atoms with Gasteiger partial charge in [-0.15, -0.1) is 0 Å². The van der Waals surface area contributed by atoms with E-state index in [0.717, 1.165) is 6.42 Å². The lowest BCUT2D eigenvalue weighted by Crippen LogP contribution is -2.21. The van der Waals surface area contributed by atoms with Crippen LogP contribution in [0.25, 0.3) is 0 Å². The van der Waals surface area contributed by atoms with Crippen LogP contribution in [0.4, 0.5) is 4.79 Å². The highest BCUT2D eigenvalue weighted by atomic mass is 16.7. The number of ether oxygens (including phenoxy) is 4. The molecule has 0 radical (unpaired) electrons. The van der Waals surface area contributed by atoms with Crippen molar-refractivity contribution in [2.24, 2.45) is 0 Å². The topological polar surface area (TPSA) is 71.1 Å². The van der Waals surface area contributed by atoms with Crippen LogP contribution in [0.1, 0.15) is 30.6 Å². The molecule has 6 heteroatoms. The zero-order chi connectivity index (χ0) is 15.7. The molecule has 0 bridgehead atoms. The quantitative estimate of drug-likeness (QED) is 0.569. The minimum atomic E-state index is -0.812. The first kappa shape index (κ1) is 17.0. The standard InChI is InChI=1S/C15H20O6/c1-4-12(19-5-2)10-20-14(16)11-6-8-13(9-7-11)21-15(17)18-3/h6-9,12H,4-5,10H2,1-3H3/t12-/m0/s1. The smallest absolute Gasteiger partial charge is 0.459 e. The predicted octanol–water partition coefficient (Wildman–Crippen LogP) is 2.80. The van der Waals surface area contributed by atoms with Crippen molar-refractivity contribution in [2.45, 2.75) is 26.4 Å². The molecule has 0 aliphatic heterocycles. The molecule has 0 heterocycles. The second-order valence-corrected chi connectivity index (χ2v) is 4.16. The van der Waals surface area contributed by atoms with Gasteiger partial charge in [-0.2, -0.15) is 0 Å². The van der Waals surface area contributed by atoms with Gasteiger partial charge >= 0.3 is 12.1 Å². The molecule has 21 heavy (non-hydrogen) atoms. The van der Waals surface area contributed by atoms with E-state index in [0.29, 0.717) is 17.9 Å². The highest BCUT2D eigenvalue weighted by Gasteiger charge is 2.12. The van der Waals surface area contributed by atoms with Gasteiger partial charge in [-0.1, -0.05) is 6.92 Å². The molecule has 0 aliphatic rings. The third-order valence-corrected chi connectivity index (χ3v) is 2.72. The highest BCUT2D eigenvalue weighted by Crippen LogP contribution is 2.14. The Balaban J connectivity index is 2.53. The maximum Gasteiger partial charge on any atom is 0.513 e. The largest absolute Gasteiger partial charge is 0.513 e. The summed E-state index contributed by atoms with van der Waals surface area (Å²) in [6.07, 6.45) is -0.138.